The van der Waals surface area contributed by atoms with E-state index in [0.29, 0.717) is 16.1 Å². The highest BCUT2D eigenvalue weighted by Crippen LogP contribution is 2.37. The topological polar surface area (TPSA) is 89.7 Å². The number of halogens is 1. The second-order valence-electron chi connectivity index (χ2n) is 4.56. The average molecular weight is 334 g/mol. The zero-order valence-corrected chi connectivity index (χ0v) is 12.8. The molecule has 0 aromatic heterocycles. The summed E-state index contributed by atoms with van der Waals surface area (Å²) in [5.41, 5.74) is 0.245. The number of phenolic OH excluding ortho intramolecular Hbond substituents is 1. The smallest absolute Gasteiger partial charge is 0.315 e. The number of carbonyl (C=O) groups excluding carboxylic acids is 1. The molecule has 0 amide bonds. The van der Waals surface area contributed by atoms with E-state index in [4.69, 9.17) is 16.3 Å². The zero-order valence-electron chi connectivity index (χ0n) is 12.0. The highest BCUT2D eigenvalue weighted by molar-refractivity contribution is 6.31. The fraction of sp³-hybridized carbons (Fsp3) is 0.0625. The summed E-state index contributed by atoms with van der Waals surface area (Å²) < 4.78 is 4.89. The van der Waals surface area contributed by atoms with Gasteiger partial charge in [-0.15, -0.1) is 0 Å². The molecule has 0 aliphatic carbocycles. The van der Waals surface area contributed by atoms with Gasteiger partial charge in [-0.25, -0.2) is 0 Å². The summed E-state index contributed by atoms with van der Waals surface area (Å²) in [6.45, 7) is 0. The van der Waals surface area contributed by atoms with Crippen molar-refractivity contribution in [2.45, 2.75) is 0 Å². The Morgan fingerprint density at radius 3 is 2.70 bits per heavy atom. The SMILES string of the molecule is COc1cc(C=CC(=O)c2cccc(Cl)c2)cc([N+](=O)[O-])c1O. The maximum Gasteiger partial charge on any atom is 0.315 e. The highest BCUT2D eigenvalue weighted by atomic mass is 35.5. The lowest BCUT2D eigenvalue weighted by atomic mass is 10.1. The molecule has 0 bridgehead atoms. The number of hydrogen-bond acceptors (Lipinski definition) is 5. The first-order valence-electron chi connectivity index (χ1n) is 6.45. The number of aromatic hydroxyl groups is 1. The van der Waals surface area contributed by atoms with Crippen molar-refractivity contribution in [1.82, 2.24) is 0 Å². The van der Waals surface area contributed by atoms with Crippen molar-refractivity contribution in [3.8, 4) is 11.5 Å². The van der Waals surface area contributed by atoms with Gasteiger partial charge in [0.1, 0.15) is 0 Å². The largest absolute Gasteiger partial charge is 0.500 e. The van der Waals surface area contributed by atoms with Crippen LogP contribution in [0.5, 0.6) is 11.5 Å². The molecule has 0 heterocycles. The number of nitro groups is 1. The molecule has 2 aromatic carbocycles. The molecule has 7 heteroatoms. The van der Waals surface area contributed by atoms with Crippen molar-refractivity contribution in [3.05, 3.63) is 68.7 Å². The van der Waals surface area contributed by atoms with E-state index < -0.39 is 16.4 Å². The van der Waals surface area contributed by atoms with Crippen molar-refractivity contribution in [3.63, 3.8) is 0 Å². The summed E-state index contributed by atoms with van der Waals surface area (Å²) in [7, 11) is 1.28. The van der Waals surface area contributed by atoms with Gasteiger partial charge in [0.15, 0.2) is 11.5 Å². The zero-order chi connectivity index (χ0) is 17.0. The Morgan fingerprint density at radius 1 is 1.35 bits per heavy atom. The number of nitro benzene ring substituents is 1. The molecule has 0 saturated carbocycles. The first kappa shape index (κ1) is 16.5. The van der Waals surface area contributed by atoms with Gasteiger partial charge in [0.05, 0.1) is 12.0 Å². The predicted octanol–water partition coefficient (Wildman–Crippen LogP) is 3.86. The van der Waals surface area contributed by atoms with Crippen LogP contribution >= 0.6 is 11.6 Å². The molecule has 0 atom stereocenters. The first-order valence-corrected chi connectivity index (χ1v) is 6.83. The minimum atomic E-state index is -0.728. The van der Waals surface area contributed by atoms with E-state index in [1.807, 2.05) is 0 Å². The molecule has 1 N–H and O–H groups in total. The number of phenols is 1. The molecular formula is C16H12ClNO5. The summed E-state index contributed by atoms with van der Waals surface area (Å²) in [5, 5.41) is 21.1. The van der Waals surface area contributed by atoms with E-state index in [9.17, 15) is 20.0 Å². The lowest BCUT2D eigenvalue weighted by Crippen LogP contribution is -1.95. The van der Waals surface area contributed by atoms with Crippen molar-refractivity contribution in [1.29, 1.82) is 0 Å². The van der Waals surface area contributed by atoms with Gasteiger partial charge in [0.25, 0.3) is 0 Å². The molecule has 0 aliphatic heterocycles. The number of rotatable bonds is 5. The van der Waals surface area contributed by atoms with Gasteiger partial charge in [0.2, 0.25) is 5.75 Å². The lowest BCUT2D eigenvalue weighted by molar-refractivity contribution is -0.386. The van der Waals surface area contributed by atoms with Crippen molar-refractivity contribution in [2.24, 2.45) is 0 Å². The normalized spacial score (nSPS) is 10.7. The highest BCUT2D eigenvalue weighted by Gasteiger charge is 2.19. The maximum atomic E-state index is 12.1. The number of methoxy groups -OCH3 is 1. The second-order valence-corrected chi connectivity index (χ2v) is 4.99. The molecule has 23 heavy (non-hydrogen) atoms. The minimum absolute atomic E-state index is 0.0472. The molecule has 0 unspecified atom stereocenters. The van der Waals surface area contributed by atoms with Crippen LogP contribution in [0.3, 0.4) is 0 Å². The van der Waals surface area contributed by atoms with Crippen molar-refractivity contribution in [2.75, 3.05) is 7.11 Å². The fourth-order valence-corrected chi connectivity index (χ4v) is 2.11. The third-order valence-electron chi connectivity index (χ3n) is 3.03. The number of nitrogens with zero attached hydrogens (tertiary/aromatic N) is 1. The summed E-state index contributed by atoms with van der Waals surface area (Å²) in [6.07, 6.45) is 2.67. The van der Waals surface area contributed by atoms with Gasteiger partial charge >= 0.3 is 5.69 Å². The molecular weight excluding hydrogens is 322 g/mol. The fourth-order valence-electron chi connectivity index (χ4n) is 1.91. The van der Waals surface area contributed by atoms with Crippen LogP contribution in [-0.4, -0.2) is 22.9 Å². The number of ketones is 1. The van der Waals surface area contributed by atoms with E-state index >= 15 is 0 Å². The van der Waals surface area contributed by atoms with Gasteiger partial charge < -0.3 is 9.84 Å². The third-order valence-corrected chi connectivity index (χ3v) is 3.27. The standard InChI is InChI=1S/C16H12ClNO5/c1-23-15-8-10(7-13(16(15)20)18(21)22)5-6-14(19)11-3-2-4-12(17)9-11/h2-9,20H,1H3. The van der Waals surface area contributed by atoms with Crippen LogP contribution < -0.4 is 4.74 Å². The van der Waals surface area contributed by atoms with E-state index in [2.05, 4.69) is 0 Å². The molecule has 2 rings (SSSR count). The molecule has 118 valence electrons. The Kier molecular flexibility index (Phi) is 4.98. The molecule has 0 aliphatic rings. The Morgan fingerprint density at radius 2 is 2.09 bits per heavy atom. The Labute approximate surface area is 136 Å². The Balaban J connectivity index is 2.34. The van der Waals surface area contributed by atoms with Crippen LogP contribution in [0.25, 0.3) is 6.08 Å². The van der Waals surface area contributed by atoms with Gasteiger partial charge in [-0.2, -0.15) is 0 Å². The monoisotopic (exact) mass is 333 g/mol. The van der Waals surface area contributed by atoms with Crippen LogP contribution in [0.2, 0.25) is 5.02 Å². The van der Waals surface area contributed by atoms with Crippen molar-refractivity contribution < 1.29 is 19.6 Å². The number of carbonyl (C=O) groups is 1. The minimum Gasteiger partial charge on any atom is -0.500 e. The number of ether oxygens (including phenoxy) is 1. The molecule has 0 saturated heterocycles. The summed E-state index contributed by atoms with van der Waals surface area (Å²) in [5.74, 6) is -0.910. The lowest BCUT2D eigenvalue weighted by Gasteiger charge is -2.05. The van der Waals surface area contributed by atoms with E-state index in [1.54, 1.807) is 18.2 Å². The van der Waals surface area contributed by atoms with Gasteiger partial charge in [-0.3, -0.25) is 14.9 Å². The maximum absolute atomic E-state index is 12.1. The van der Waals surface area contributed by atoms with E-state index in [-0.39, 0.29) is 11.5 Å². The summed E-state index contributed by atoms with van der Waals surface area (Å²) in [6, 6.07) is 8.98. The molecule has 0 radical (unpaired) electrons. The molecule has 6 nitrogen and oxygen atoms in total. The van der Waals surface area contributed by atoms with E-state index in [0.717, 1.165) is 6.07 Å². The van der Waals surface area contributed by atoms with Gasteiger partial charge in [-0.1, -0.05) is 29.8 Å². The predicted molar refractivity (Wildman–Crippen MR) is 86.1 cm³/mol. The summed E-state index contributed by atoms with van der Waals surface area (Å²) >= 11 is 5.82. The van der Waals surface area contributed by atoms with Crippen LogP contribution in [0, 0.1) is 10.1 Å². The Bertz CT molecular complexity index is 801. The quantitative estimate of drug-likeness (QED) is 0.388. The molecule has 0 spiro atoms. The van der Waals surface area contributed by atoms with Gasteiger partial charge in [0, 0.05) is 16.7 Å². The van der Waals surface area contributed by atoms with Gasteiger partial charge in [-0.05, 0) is 29.8 Å². The van der Waals surface area contributed by atoms with Crippen LogP contribution in [-0.2, 0) is 0 Å². The van der Waals surface area contributed by atoms with Crippen molar-refractivity contribution >= 4 is 29.1 Å². The van der Waals surface area contributed by atoms with Crippen LogP contribution in [0.15, 0.2) is 42.5 Å². The third kappa shape index (κ3) is 3.87. The van der Waals surface area contributed by atoms with E-state index in [1.165, 1.54) is 31.4 Å². The molecule has 2 aromatic rings. The number of hydrogen-bond donors (Lipinski definition) is 1. The second kappa shape index (κ2) is 6.93. The van der Waals surface area contributed by atoms with Crippen LogP contribution in [0.1, 0.15) is 15.9 Å². The number of allylic oxidation sites excluding steroid dienone is 1. The first-order chi connectivity index (χ1) is 10.9. The van der Waals surface area contributed by atoms with Crippen LogP contribution in [0.4, 0.5) is 5.69 Å². The average Bonchev–Trinajstić information content (AvgIpc) is 2.53. The molecule has 0 fully saturated rings. The Hall–Kier alpha value is -2.86. The summed E-state index contributed by atoms with van der Waals surface area (Å²) in [4.78, 5) is 22.2. The number of benzene rings is 2.